The third-order valence-corrected chi connectivity index (χ3v) is 3.50. The Morgan fingerprint density at radius 3 is 2.62 bits per heavy atom. The summed E-state index contributed by atoms with van der Waals surface area (Å²) in [5.41, 5.74) is 3.72. The summed E-state index contributed by atoms with van der Waals surface area (Å²) in [7, 11) is 1.57. The Bertz CT molecular complexity index is 647. The van der Waals surface area contributed by atoms with Crippen LogP contribution in [-0.4, -0.2) is 17.9 Å². The van der Waals surface area contributed by atoms with E-state index in [9.17, 15) is 4.79 Å². The number of carbonyl (C=O) groups excluding carboxylic acids is 1. The predicted molar refractivity (Wildman–Crippen MR) is 84.8 cm³/mol. The van der Waals surface area contributed by atoms with Gasteiger partial charge in [-0.15, -0.1) is 0 Å². The summed E-state index contributed by atoms with van der Waals surface area (Å²) in [4.78, 5) is 16.5. The minimum absolute atomic E-state index is 0.000656. The molecule has 0 atom stereocenters. The van der Waals surface area contributed by atoms with Gasteiger partial charge in [0.25, 0.3) is 0 Å². The van der Waals surface area contributed by atoms with Crippen LogP contribution in [0.2, 0.25) is 0 Å². The van der Waals surface area contributed by atoms with Crippen molar-refractivity contribution in [3.05, 3.63) is 47.8 Å². The molecule has 1 aromatic carbocycles. The van der Waals surface area contributed by atoms with Crippen LogP contribution in [0.25, 0.3) is 11.1 Å². The van der Waals surface area contributed by atoms with E-state index in [1.54, 1.807) is 13.3 Å². The molecule has 0 N–H and O–H groups in total. The van der Waals surface area contributed by atoms with Crippen LogP contribution in [0.15, 0.2) is 36.5 Å². The quantitative estimate of drug-likeness (QED) is 0.773. The topological polar surface area (TPSA) is 39.2 Å². The molecule has 1 heterocycles. The van der Waals surface area contributed by atoms with Crippen LogP contribution >= 0.6 is 0 Å². The van der Waals surface area contributed by atoms with Gasteiger partial charge in [-0.2, -0.15) is 0 Å². The lowest BCUT2D eigenvalue weighted by Crippen LogP contribution is -2.11. The fourth-order valence-corrected chi connectivity index (χ4v) is 2.19. The number of carbonyl (C=O) groups is 1. The second-order valence-corrected chi connectivity index (χ2v) is 5.35. The Labute approximate surface area is 126 Å². The van der Waals surface area contributed by atoms with E-state index in [0.717, 1.165) is 17.5 Å². The minimum atomic E-state index is -0.0966. The van der Waals surface area contributed by atoms with Crippen molar-refractivity contribution < 1.29 is 9.53 Å². The molecule has 0 saturated carbocycles. The van der Waals surface area contributed by atoms with E-state index in [2.05, 4.69) is 24.0 Å². The monoisotopic (exact) mass is 283 g/mol. The number of methoxy groups -OCH3 is 1. The Balaban J connectivity index is 2.45. The van der Waals surface area contributed by atoms with Gasteiger partial charge in [-0.1, -0.05) is 45.0 Å². The van der Waals surface area contributed by atoms with Crippen molar-refractivity contribution >= 4 is 5.78 Å². The standard InChI is InChI=1S/C18H21NO2/c1-5-13-7-6-8-14(9-13)15-10-16(21-4)17(19-11-15)18(20)12(2)3/h6-12H,5H2,1-4H3. The van der Waals surface area contributed by atoms with Crippen molar-refractivity contribution in [1.82, 2.24) is 4.98 Å². The molecule has 0 aliphatic carbocycles. The molecule has 0 bridgehead atoms. The van der Waals surface area contributed by atoms with E-state index >= 15 is 0 Å². The maximum atomic E-state index is 12.1. The predicted octanol–water partition coefficient (Wildman–Crippen LogP) is 4.16. The van der Waals surface area contributed by atoms with E-state index < -0.39 is 0 Å². The Morgan fingerprint density at radius 1 is 1.24 bits per heavy atom. The summed E-state index contributed by atoms with van der Waals surface area (Å²) in [5.74, 6) is 0.439. The van der Waals surface area contributed by atoms with E-state index in [0.29, 0.717) is 11.4 Å². The minimum Gasteiger partial charge on any atom is -0.494 e. The van der Waals surface area contributed by atoms with E-state index in [1.807, 2.05) is 32.0 Å². The number of hydrogen-bond acceptors (Lipinski definition) is 3. The molecule has 0 radical (unpaired) electrons. The third kappa shape index (κ3) is 3.30. The number of benzene rings is 1. The van der Waals surface area contributed by atoms with Crippen LogP contribution < -0.4 is 4.74 Å². The molecule has 2 rings (SSSR count). The number of nitrogens with zero attached hydrogens (tertiary/aromatic N) is 1. The van der Waals surface area contributed by atoms with Gasteiger partial charge in [-0.3, -0.25) is 4.79 Å². The van der Waals surface area contributed by atoms with E-state index in [1.165, 1.54) is 5.56 Å². The molecular formula is C18H21NO2. The summed E-state index contributed by atoms with van der Waals surface area (Å²) in [6.07, 6.45) is 2.73. The second kappa shape index (κ2) is 6.53. The van der Waals surface area contributed by atoms with E-state index in [-0.39, 0.29) is 11.7 Å². The van der Waals surface area contributed by atoms with Gasteiger partial charge in [-0.25, -0.2) is 4.98 Å². The molecule has 0 amide bonds. The lowest BCUT2D eigenvalue weighted by atomic mass is 10.0. The van der Waals surface area contributed by atoms with Gasteiger partial charge in [0, 0.05) is 17.7 Å². The van der Waals surface area contributed by atoms with Crippen LogP contribution in [0.4, 0.5) is 0 Å². The van der Waals surface area contributed by atoms with Crippen molar-refractivity contribution in [2.75, 3.05) is 7.11 Å². The average molecular weight is 283 g/mol. The molecule has 0 unspecified atom stereocenters. The van der Waals surface area contributed by atoms with Crippen LogP contribution in [0.5, 0.6) is 5.75 Å². The van der Waals surface area contributed by atoms with Gasteiger partial charge in [0.1, 0.15) is 11.4 Å². The van der Waals surface area contributed by atoms with Gasteiger partial charge < -0.3 is 4.74 Å². The second-order valence-electron chi connectivity index (χ2n) is 5.35. The number of hydrogen-bond donors (Lipinski definition) is 0. The normalized spacial score (nSPS) is 10.7. The van der Waals surface area contributed by atoms with Crippen LogP contribution in [-0.2, 0) is 6.42 Å². The highest BCUT2D eigenvalue weighted by molar-refractivity contribution is 5.98. The lowest BCUT2D eigenvalue weighted by Gasteiger charge is -2.11. The smallest absolute Gasteiger partial charge is 0.187 e. The molecule has 1 aromatic heterocycles. The zero-order valence-electron chi connectivity index (χ0n) is 13.0. The number of ketones is 1. The van der Waals surface area contributed by atoms with Crippen molar-refractivity contribution in [3.8, 4) is 16.9 Å². The van der Waals surface area contributed by atoms with Gasteiger partial charge >= 0.3 is 0 Å². The molecule has 0 aliphatic heterocycles. The molecule has 2 aromatic rings. The lowest BCUT2D eigenvalue weighted by molar-refractivity contribution is 0.0931. The number of aryl methyl sites for hydroxylation is 1. The highest BCUT2D eigenvalue weighted by Crippen LogP contribution is 2.27. The number of pyridine rings is 1. The summed E-state index contributed by atoms with van der Waals surface area (Å²) >= 11 is 0. The molecule has 3 heteroatoms. The summed E-state index contributed by atoms with van der Waals surface area (Å²) in [6.45, 7) is 5.85. The first-order valence-corrected chi connectivity index (χ1v) is 7.24. The van der Waals surface area contributed by atoms with Gasteiger partial charge in [-0.05, 0) is 23.6 Å². The van der Waals surface area contributed by atoms with Gasteiger partial charge in [0.15, 0.2) is 5.78 Å². The van der Waals surface area contributed by atoms with Crippen LogP contribution in [0, 0.1) is 5.92 Å². The molecule has 0 saturated heterocycles. The molecule has 110 valence electrons. The molecule has 3 nitrogen and oxygen atoms in total. The first kappa shape index (κ1) is 15.2. The number of rotatable bonds is 5. The molecule has 0 spiro atoms. The van der Waals surface area contributed by atoms with Crippen molar-refractivity contribution in [3.63, 3.8) is 0 Å². The van der Waals surface area contributed by atoms with Crippen molar-refractivity contribution in [2.24, 2.45) is 5.92 Å². The van der Waals surface area contributed by atoms with Crippen LogP contribution in [0.1, 0.15) is 36.8 Å². The molecule has 21 heavy (non-hydrogen) atoms. The van der Waals surface area contributed by atoms with Crippen molar-refractivity contribution in [2.45, 2.75) is 27.2 Å². The van der Waals surface area contributed by atoms with Crippen molar-refractivity contribution in [1.29, 1.82) is 0 Å². The zero-order valence-corrected chi connectivity index (χ0v) is 13.0. The van der Waals surface area contributed by atoms with Gasteiger partial charge in [0.2, 0.25) is 0 Å². The Kier molecular flexibility index (Phi) is 4.73. The fraction of sp³-hybridized carbons (Fsp3) is 0.333. The number of aromatic nitrogens is 1. The van der Waals surface area contributed by atoms with E-state index in [4.69, 9.17) is 4.74 Å². The maximum Gasteiger partial charge on any atom is 0.187 e. The summed E-state index contributed by atoms with van der Waals surface area (Å²) in [6, 6.07) is 10.2. The largest absolute Gasteiger partial charge is 0.494 e. The highest BCUT2D eigenvalue weighted by atomic mass is 16.5. The first-order valence-electron chi connectivity index (χ1n) is 7.24. The zero-order chi connectivity index (χ0) is 15.4. The molecular weight excluding hydrogens is 262 g/mol. The third-order valence-electron chi connectivity index (χ3n) is 3.50. The fourth-order valence-electron chi connectivity index (χ4n) is 2.19. The Morgan fingerprint density at radius 2 is 2.00 bits per heavy atom. The Hall–Kier alpha value is -2.16. The summed E-state index contributed by atoms with van der Waals surface area (Å²) in [5, 5.41) is 0. The SMILES string of the molecule is CCc1cccc(-c2cnc(C(=O)C(C)C)c(OC)c2)c1. The van der Waals surface area contributed by atoms with Gasteiger partial charge in [0.05, 0.1) is 7.11 Å². The number of ether oxygens (including phenoxy) is 1. The average Bonchev–Trinajstić information content (AvgIpc) is 2.53. The highest BCUT2D eigenvalue weighted by Gasteiger charge is 2.18. The maximum absolute atomic E-state index is 12.1. The first-order chi connectivity index (χ1) is 10.1. The molecule has 0 aliphatic rings. The summed E-state index contributed by atoms with van der Waals surface area (Å²) < 4.78 is 5.35. The molecule has 0 fully saturated rings. The number of Topliss-reactive ketones (excluding diaryl/α,β-unsaturated/α-hetero) is 1. The van der Waals surface area contributed by atoms with Crippen LogP contribution in [0.3, 0.4) is 0 Å².